The molecule has 3 aliphatic rings. The molecule has 3 fully saturated rings. The van der Waals surface area contributed by atoms with Crippen LogP contribution in [0.5, 0.6) is 5.75 Å². The molecule has 2 aromatic rings. The van der Waals surface area contributed by atoms with Crippen molar-refractivity contribution in [1.82, 2.24) is 10.2 Å². The van der Waals surface area contributed by atoms with Crippen LogP contribution in [0.4, 0.5) is 5.82 Å². The second kappa shape index (κ2) is 8.47. The molecule has 33 heavy (non-hydrogen) atoms. The van der Waals surface area contributed by atoms with Crippen molar-refractivity contribution in [2.75, 3.05) is 18.0 Å². The third-order valence-corrected chi connectivity index (χ3v) is 7.07. The summed E-state index contributed by atoms with van der Waals surface area (Å²) in [5.74, 6) is 1.09. The highest BCUT2D eigenvalue weighted by molar-refractivity contribution is 5.92. The lowest BCUT2D eigenvalue weighted by Gasteiger charge is -2.40. The quantitative estimate of drug-likeness (QED) is 0.649. The zero-order valence-corrected chi connectivity index (χ0v) is 18.5. The average Bonchev–Trinajstić information content (AvgIpc) is 3.64. The number of nitrogens with two attached hydrogens (primary N) is 1. The number of benzene rings is 1. The van der Waals surface area contributed by atoms with Crippen LogP contribution < -0.4 is 15.4 Å². The van der Waals surface area contributed by atoms with Gasteiger partial charge in [0.25, 0.3) is 5.91 Å². The Labute approximate surface area is 192 Å². The molecule has 2 heterocycles. The van der Waals surface area contributed by atoms with Crippen LogP contribution >= 0.6 is 0 Å². The number of amides is 1. The number of hydrogen-bond acceptors (Lipinski definition) is 7. The Hall–Kier alpha value is -3.47. The molecule has 0 bridgehead atoms. The summed E-state index contributed by atoms with van der Waals surface area (Å²) in [7, 11) is 0. The van der Waals surface area contributed by atoms with E-state index in [1.807, 2.05) is 29.2 Å². The fourth-order valence-corrected chi connectivity index (χ4v) is 5.06. The number of nitriles is 1. The summed E-state index contributed by atoms with van der Waals surface area (Å²) in [5.41, 5.74) is 7.46. The van der Waals surface area contributed by atoms with Gasteiger partial charge in [-0.2, -0.15) is 5.26 Å². The smallest absolute Gasteiger partial charge is 0.269 e. The van der Waals surface area contributed by atoms with Gasteiger partial charge in [-0.1, -0.05) is 6.42 Å². The third kappa shape index (κ3) is 4.04. The topological polar surface area (TPSA) is 122 Å². The summed E-state index contributed by atoms with van der Waals surface area (Å²) in [6.45, 7) is 1.17. The van der Waals surface area contributed by atoms with Gasteiger partial charge < -0.3 is 20.2 Å². The number of anilines is 1. The van der Waals surface area contributed by atoms with Crippen molar-refractivity contribution < 1.29 is 14.3 Å². The number of hydrogen-bond donors (Lipinski definition) is 1. The van der Waals surface area contributed by atoms with Crippen LogP contribution in [0.2, 0.25) is 0 Å². The number of nitrogens with zero attached hydrogens (tertiary/aromatic N) is 4. The molecule has 0 radical (unpaired) electrons. The number of aromatic nitrogens is 2. The third-order valence-electron chi connectivity index (χ3n) is 7.07. The summed E-state index contributed by atoms with van der Waals surface area (Å²) in [4.78, 5) is 25.3. The minimum Gasteiger partial charge on any atom is -0.482 e. The van der Waals surface area contributed by atoms with Crippen molar-refractivity contribution in [2.24, 2.45) is 11.7 Å². The van der Waals surface area contributed by atoms with Gasteiger partial charge in [-0.05, 0) is 74.3 Å². The number of aldehydes is 1. The van der Waals surface area contributed by atoms with Gasteiger partial charge in [0.1, 0.15) is 17.6 Å². The normalized spacial score (nSPS) is 19.9. The first-order chi connectivity index (χ1) is 16.0. The molecule has 1 aromatic carbocycles. The minimum absolute atomic E-state index is 0.00884. The van der Waals surface area contributed by atoms with Gasteiger partial charge in [-0.15, -0.1) is 10.2 Å². The summed E-state index contributed by atoms with van der Waals surface area (Å²) in [5, 5.41) is 17.9. The number of carbonyl (C=O) groups is 2. The first kappa shape index (κ1) is 21.4. The number of ether oxygens (including phenoxy) is 1. The molecule has 2 aliphatic carbocycles. The Kier molecular flexibility index (Phi) is 5.49. The number of primary amides is 1. The van der Waals surface area contributed by atoms with Crippen LogP contribution in [0.1, 0.15) is 78.0 Å². The summed E-state index contributed by atoms with van der Waals surface area (Å²) in [6.07, 6.45) is 7.60. The molecule has 1 aliphatic heterocycles. The summed E-state index contributed by atoms with van der Waals surface area (Å²) >= 11 is 0. The minimum atomic E-state index is -0.753. The van der Waals surface area contributed by atoms with E-state index in [4.69, 9.17) is 10.5 Å². The van der Waals surface area contributed by atoms with Gasteiger partial charge in [0.05, 0.1) is 11.6 Å². The predicted octanol–water partition coefficient (Wildman–Crippen LogP) is 3.20. The van der Waals surface area contributed by atoms with Crippen LogP contribution in [0.15, 0.2) is 24.3 Å². The van der Waals surface area contributed by atoms with Crippen molar-refractivity contribution in [1.29, 1.82) is 5.26 Å². The van der Waals surface area contributed by atoms with Crippen LogP contribution in [0.3, 0.4) is 0 Å². The van der Waals surface area contributed by atoms with Gasteiger partial charge in [-0.3, -0.25) is 4.79 Å². The van der Waals surface area contributed by atoms with Crippen molar-refractivity contribution in [3.05, 3.63) is 46.6 Å². The molecular formula is C25H27N5O3. The van der Waals surface area contributed by atoms with Gasteiger partial charge >= 0.3 is 0 Å². The predicted molar refractivity (Wildman–Crippen MR) is 121 cm³/mol. The van der Waals surface area contributed by atoms with Gasteiger partial charge in [0, 0.05) is 24.6 Å². The maximum Gasteiger partial charge on any atom is 0.269 e. The molecule has 8 heteroatoms. The van der Waals surface area contributed by atoms with E-state index in [2.05, 4.69) is 16.3 Å². The number of rotatable bonds is 7. The van der Waals surface area contributed by atoms with E-state index in [-0.39, 0.29) is 11.6 Å². The summed E-state index contributed by atoms with van der Waals surface area (Å²) < 4.78 is 6.71. The van der Waals surface area contributed by atoms with E-state index >= 15 is 0 Å². The lowest BCUT2D eigenvalue weighted by Crippen LogP contribution is -2.48. The van der Waals surface area contributed by atoms with Crippen LogP contribution in [-0.2, 0) is 10.4 Å². The van der Waals surface area contributed by atoms with Crippen molar-refractivity contribution in [3.63, 3.8) is 0 Å². The number of carbonyl (C=O) groups excluding carboxylic acids is 2. The largest absolute Gasteiger partial charge is 0.482 e. The van der Waals surface area contributed by atoms with E-state index in [1.165, 1.54) is 0 Å². The first-order valence-electron chi connectivity index (χ1n) is 11.6. The zero-order valence-electron chi connectivity index (χ0n) is 18.5. The summed E-state index contributed by atoms with van der Waals surface area (Å²) in [6, 6.07) is 9.80. The molecule has 8 nitrogen and oxygen atoms in total. The molecular weight excluding hydrogens is 418 g/mol. The first-order valence-corrected chi connectivity index (χ1v) is 11.6. The molecule has 1 aromatic heterocycles. The highest BCUT2D eigenvalue weighted by Gasteiger charge is 2.41. The Morgan fingerprint density at radius 3 is 2.58 bits per heavy atom. The van der Waals surface area contributed by atoms with Crippen molar-refractivity contribution in [2.45, 2.75) is 56.5 Å². The molecule has 1 amide bonds. The van der Waals surface area contributed by atoms with Gasteiger partial charge in [-0.25, -0.2) is 0 Å². The standard InChI is InChI=1S/C25H27N5O3/c26-12-18-6-7-19(10-20(18)17-4-5-17)33-25(8-2-1-3-9-25)21-11-22(28-29-23(21)24(27)32)30-13-16(14-30)15-31/h6-7,10-11,15-17H,1-5,8-9,13-14H2,(H2,27,32). The second-order valence-corrected chi connectivity index (χ2v) is 9.42. The van der Waals surface area contributed by atoms with Gasteiger partial charge in [0.15, 0.2) is 11.5 Å². The van der Waals surface area contributed by atoms with E-state index in [1.54, 1.807) is 0 Å². The van der Waals surface area contributed by atoms with Crippen molar-refractivity contribution >= 4 is 18.0 Å². The highest BCUT2D eigenvalue weighted by atomic mass is 16.5. The Morgan fingerprint density at radius 2 is 1.94 bits per heavy atom. The van der Waals surface area contributed by atoms with Crippen LogP contribution in [0.25, 0.3) is 0 Å². The molecule has 170 valence electrons. The Morgan fingerprint density at radius 1 is 1.18 bits per heavy atom. The fraction of sp³-hybridized carbons (Fsp3) is 0.480. The SMILES string of the molecule is N#Cc1ccc(OC2(c3cc(N4CC(C=O)C4)nnc3C(N)=O)CCCCC2)cc1C1CC1. The van der Waals surface area contributed by atoms with Crippen LogP contribution in [-0.4, -0.2) is 35.5 Å². The molecule has 0 atom stereocenters. The molecule has 2 saturated carbocycles. The fourth-order valence-electron chi connectivity index (χ4n) is 5.06. The highest BCUT2D eigenvalue weighted by Crippen LogP contribution is 2.46. The van der Waals surface area contributed by atoms with Crippen LogP contribution in [0, 0.1) is 17.2 Å². The monoisotopic (exact) mass is 445 g/mol. The Bertz CT molecular complexity index is 1130. The van der Waals surface area contributed by atoms with Gasteiger partial charge in [0.2, 0.25) is 0 Å². The zero-order chi connectivity index (χ0) is 23.0. The molecule has 5 rings (SSSR count). The van der Waals surface area contributed by atoms with E-state index in [9.17, 15) is 14.9 Å². The van der Waals surface area contributed by atoms with E-state index in [0.717, 1.165) is 56.8 Å². The van der Waals surface area contributed by atoms with E-state index < -0.39 is 11.5 Å². The maximum absolute atomic E-state index is 12.3. The molecule has 0 unspecified atom stereocenters. The maximum atomic E-state index is 12.3. The molecule has 2 N–H and O–H groups in total. The van der Waals surface area contributed by atoms with E-state index in [0.29, 0.717) is 41.7 Å². The lowest BCUT2D eigenvalue weighted by molar-refractivity contribution is -0.111. The molecule has 0 spiro atoms. The average molecular weight is 446 g/mol. The lowest BCUT2D eigenvalue weighted by atomic mass is 9.78. The second-order valence-electron chi connectivity index (χ2n) is 9.42. The molecule has 1 saturated heterocycles. The van der Waals surface area contributed by atoms with Crippen molar-refractivity contribution in [3.8, 4) is 11.8 Å². The Balaban J connectivity index is 1.55.